The number of H-pyrrole nitrogens is 2. The van der Waals surface area contributed by atoms with Crippen LogP contribution in [0.3, 0.4) is 0 Å². The molecule has 2 aliphatic heterocycles. The molecule has 3 aromatic rings. The summed E-state index contributed by atoms with van der Waals surface area (Å²) in [6, 6.07) is 8.28. The Bertz CT molecular complexity index is 2720. The molecule has 8 bridgehead atoms. The van der Waals surface area contributed by atoms with E-state index in [1.54, 1.807) is 0 Å². The third-order valence-electron chi connectivity index (χ3n) is 17.1. The first-order valence-corrected chi connectivity index (χ1v) is 27.7. The van der Waals surface area contributed by atoms with Gasteiger partial charge >= 0.3 is 23.9 Å². The summed E-state index contributed by atoms with van der Waals surface area (Å²) in [6.45, 7) is 42.8. The zero-order valence-electron chi connectivity index (χ0n) is 49.2. The summed E-state index contributed by atoms with van der Waals surface area (Å²) < 4.78 is 24.3. The lowest BCUT2D eigenvalue weighted by molar-refractivity contribution is -0.149. The van der Waals surface area contributed by atoms with E-state index < -0.39 is 45.3 Å². The van der Waals surface area contributed by atoms with Gasteiger partial charge in [0.15, 0.2) is 0 Å². The average molecular weight is 1040 g/mol. The number of ether oxygens (including phenoxy) is 4. The molecule has 0 spiro atoms. The molecule has 410 valence electrons. The van der Waals surface area contributed by atoms with Gasteiger partial charge in [0.05, 0.1) is 72.9 Å². The standard InChI is InChI=1S/C64H86N4O8/c1-57(2,3)29-73-53(69)49-45(61(49,13)14)41-33-21-23-35(65-33)42(46-50(62(46,15)16)54(70)74-30-58(4,5)6)37-25-27-39(67-37)44(48-52(64(48,19)20)56(72)76-32-60(10,11)12)40-28-26-38(68-40)43(36-24-22-34(41)66-36)47-51(63(47,17)18)55(71)75-31-59(7,8)9/h21-28,45-52,65,68H,29-32H2,1-20H3/t45-,46-,47-,48-,49-,50-,51-,52-/m0/s1. The molecule has 6 aliphatic rings. The Hall–Kier alpha value is -5.52. The quantitative estimate of drug-likeness (QED) is 0.0908. The van der Waals surface area contributed by atoms with Gasteiger partial charge in [-0.3, -0.25) is 19.2 Å². The molecule has 4 aliphatic carbocycles. The monoisotopic (exact) mass is 1040 g/mol. The van der Waals surface area contributed by atoms with Crippen molar-refractivity contribution >= 4 is 70.2 Å². The first-order valence-electron chi connectivity index (χ1n) is 27.7. The Morgan fingerprint density at radius 2 is 0.566 bits per heavy atom. The van der Waals surface area contributed by atoms with Gasteiger partial charge in [0.2, 0.25) is 0 Å². The summed E-state index contributed by atoms with van der Waals surface area (Å²) in [4.78, 5) is 75.8. The van der Waals surface area contributed by atoms with Crippen molar-refractivity contribution < 1.29 is 38.1 Å². The third kappa shape index (κ3) is 10.2. The molecule has 3 aromatic heterocycles. The van der Waals surface area contributed by atoms with Crippen LogP contribution in [0.1, 0.15) is 207 Å². The van der Waals surface area contributed by atoms with Crippen LogP contribution in [0.15, 0.2) is 24.3 Å². The average Bonchev–Trinajstić information content (AvgIpc) is 3.91. The van der Waals surface area contributed by atoms with Crippen molar-refractivity contribution in [2.75, 3.05) is 26.4 Å². The van der Waals surface area contributed by atoms with E-state index in [1.165, 1.54) is 0 Å². The second-order valence-electron chi connectivity index (χ2n) is 30.4. The SMILES string of the molecule is CC(C)(C)COC(=O)[C@@H]1[C@H](c2c3nc(c([C@H]4[C@@H](C(=O)OCC(C)(C)C)C4(C)C)c4ccc([nH]4)c([C@H]4[C@@H](C(=O)OCC(C)(C)C)C4(C)C)c4nc(c([C@H]5[C@@H](C(=O)OCC(C)(C)C)C5(C)C)c5ccc2[nH]5)C=C4)C=C3)C1(C)C. The van der Waals surface area contributed by atoms with Gasteiger partial charge in [-0.05, 0) is 91.9 Å². The van der Waals surface area contributed by atoms with E-state index in [0.29, 0.717) is 49.2 Å². The number of esters is 4. The number of carbonyl (C=O) groups is 4. The van der Waals surface area contributed by atoms with Gasteiger partial charge in [-0.25, -0.2) is 9.97 Å². The van der Waals surface area contributed by atoms with Crippen LogP contribution in [0.2, 0.25) is 0 Å². The second kappa shape index (κ2) is 18.0. The van der Waals surface area contributed by atoms with Crippen LogP contribution >= 0.6 is 0 Å². The molecule has 12 heteroatoms. The highest BCUT2D eigenvalue weighted by Crippen LogP contribution is 2.70. The Morgan fingerprint density at radius 1 is 0.382 bits per heavy atom. The van der Waals surface area contributed by atoms with E-state index in [4.69, 9.17) is 28.9 Å². The molecule has 0 radical (unpaired) electrons. The molecular formula is C64H86N4O8. The van der Waals surface area contributed by atoms with E-state index >= 15 is 0 Å². The number of carbonyl (C=O) groups excluding carboxylic acids is 4. The Labute approximate surface area is 451 Å². The van der Waals surface area contributed by atoms with Crippen molar-refractivity contribution in [3.63, 3.8) is 0 Å². The molecule has 8 atom stereocenters. The number of nitrogens with zero attached hydrogens (tertiary/aromatic N) is 2. The molecule has 76 heavy (non-hydrogen) atoms. The Morgan fingerprint density at radius 3 is 0.737 bits per heavy atom. The van der Waals surface area contributed by atoms with E-state index in [1.807, 2.05) is 24.3 Å². The van der Waals surface area contributed by atoms with E-state index in [-0.39, 0.29) is 69.2 Å². The molecule has 12 nitrogen and oxygen atoms in total. The fourth-order valence-electron chi connectivity index (χ4n) is 12.6. The fraction of sp³-hybridized carbons (Fsp3) is 0.625. The Balaban J connectivity index is 1.33. The summed E-state index contributed by atoms with van der Waals surface area (Å²) in [6.07, 6.45) is 8.17. The van der Waals surface area contributed by atoms with Crippen molar-refractivity contribution in [2.24, 2.45) is 67.0 Å². The van der Waals surface area contributed by atoms with Gasteiger partial charge in [0.1, 0.15) is 0 Å². The van der Waals surface area contributed by atoms with Crippen molar-refractivity contribution in [1.29, 1.82) is 0 Å². The normalized spacial score (nSPS) is 26.4. The number of hydrogen-bond donors (Lipinski definition) is 2. The summed E-state index contributed by atoms with van der Waals surface area (Å²) in [5.74, 6) is -3.78. The van der Waals surface area contributed by atoms with Gasteiger partial charge in [-0.15, -0.1) is 0 Å². The number of aromatic amines is 2. The molecule has 0 unspecified atom stereocenters. The summed E-state index contributed by atoms with van der Waals surface area (Å²) in [7, 11) is 0. The maximum atomic E-state index is 14.2. The number of fused-ring (bicyclic) bond motifs is 8. The van der Waals surface area contributed by atoms with Crippen LogP contribution in [-0.2, 0) is 38.1 Å². The van der Waals surface area contributed by atoms with Crippen LogP contribution in [0, 0.1) is 67.0 Å². The van der Waals surface area contributed by atoms with Gasteiger partial charge in [0, 0.05) is 68.0 Å². The molecule has 0 saturated heterocycles. The highest BCUT2D eigenvalue weighted by atomic mass is 16.5. The highest BCUT2D eigenvalue weighted by molar-refractivity contribution is 5.91. The maximum Gasteiger partial charge on any atom is 0.310 e. The van der Waals surface area contributed by atoms with Crippen LogP contribution in [0.4, 0.5) is 0 Å². The van der Waals surface area contributed by atoms with Crippen molar-refractivity contribution in [2.45, 2.75) is 162 Å². The van der Waals surface area contributed by atoms with E-state index in [2.05, 4.69) is 173 Å². The smallest absolute Gasteiger partial charge is 0.310 e. The van der Waals surface area contributed by atoms with Gasteiger partial charge in [-0.2, -0.15) is 0 Å². The van der Waals surface area contributed by atoms with E-state index in [9.17, 15) is 19.2 Å². The van der Waals surface area contributed by atoms with Crippen molar-refractivity contribution in [3.05, 3.63) is 69.3 Å². The molecule has 9 rings (SSSR count). The Kier molecular flexibility index (Phi) is 13.1. The third-order valence-corrected chi connectivity index (χ3v) is 17.1. The first-order chi connectivity index (χ1) is 34.9. The number of aromatic nitrogens is 4. The predicted molar refractivity (Wildman–Crippen MR) is 301 cm³/mol. The van der Waals surface area contributed by atoms with Crippen LogP contribution < -0.4 is 0 Å². The molecular weight excluding hydrogens is 953 g/mol. The molecule has 0 aromatic carbocycles. The van der Waals surface area contributed by atoms with Gasteiger partial charge in [0.25, 0.3) is 0 Å². The minimum atomic E-state index is -0.480. The summed E-state index contributed by atoms with van der Waals surface area (Å²) in [5.41, 5.74) is 6.82. The minimum Gasteiger partial charge on any atom is -0.465 e. The lowest BCUT2D eigenvalue weighted by Crippen LogP contribution is -2.20. The van der Waals surface area contributed by atoms with Crippen molar-refractivity contribution in [1.82, 2.24) is 19.9 Å². The lowest BCUT2D eigenvalue weighted by Gasteiger charge is -2.18. The fourth-order valence-corrected chi connectivity index (χ4v) is 12.6. The lowest BCUT2D eigenvalue weighted by atomic mass is 9.98. The zero-order chi connectivity index (χ0) is 56.0. The van der Waals surface area contributed by atoms with Crippen LogP contribution in [-0.4, -0.2) is 70.2 Å². The van der Waals surface area contributed by atoms with Gasteiger partial charge in [-0.1, -0.05) is 138 Å². The largest absolute Gasteiger partial charge is 0.465 e. The molecule has 5 heterocycles. The first kappa shape index (κ1) is 55.2. The molecule has 4 fully saturated rings. The molecule has 4 saturated carbocycles. The predicted octanol–water partition coefficient (Wildman–Crippen LogP) is 14.0. The number of nitrogens with one attached hydrogen (secondary N) is 2. The number of rotatable bonds is 12. The van der Waals surface area contributed by atoms with Gasteiger partial charge < -0.3 is 28.9 Å². The van der Waals surface area contributed by atoms with Crippen molar-refractivity contribution in [3.8, 4) is 0 Å². The maximum absolute atomic E-state index is 14.2. The second-order valence-corrected chi connectivity index (χ2v) is 30.4. The van der Waals surface area contributed by atoms with Crippen LogP contribution in [0.5, 0.6) is 0 Å². The number of hydrogen-bond acceptors (Lipinski definition) is 10. The van der Waals surface area contributed by atoms with E-state index in [0.717, 1.165) is 44.3 Å². The zero-order valence-corrected chi connectivity index (χ0v) is 49.2. The van der Waals surface area contributed by atoms with Crippen LogP contribution in [0.25, 0.3) is 46.4 Å². The highest BCUT2D eigenvalue weighted by Gasteiger charge is 2.68. The topological polar surface area (TPSA) is 163 Å². The summed E-state index contributed by atoms with van der Waals surface area (Å²) in [5, 5.41) is 0. The molecule has 0 amide bonds. The summed E-state index contributed by atoms with van der Waals surface area (Å²) >= 11 is 0. The molecule has 2 N–H and O–H groups in total. The minimum absolute atomic E-state index is 0.213.